The Morgan fingerprint density at radius 1 is 0.966 bits per heavy atom. The Balaban J connectivity index is 1.55. The van der Waals surface area contributed by atoms with Gasteiger partial charge in [0.15, 0.2) is 0 Å². The minimum Gasteiger partial charge on any atom is -0.372 e. The lowest BCUT2D eigenvalue weighted by Crippen LogP contribution is -2.02. The molecule has 0 unspecified atom stereocenters. The highest BCUT2D eigenvalue weighted by Gasteiger charge is 2.18. The number of anilines is 4. The highest BCUT2D eigenvalue weighted by Crippen LogP contribution is 2.32. The maximum Gasteiger partial charge on any atom is 0.229 e. The molecule has 140 valence electrons. The molecule has 2 heterocycles. The number of allylic oxidation sites excluding steroid dienone is 1. The second kappa shape index (κ2) is 8.22. The number of nitrogens with one attached hydrogen (secondary N) is 2. The summed E-state index contributed by atoms with van der Waals surface area (Å²) in [5, 5.41) is 24.1. The van der Waals surface area contributed by atoms with E-state index >= 15 is 0 Å². The molecule has 1 aliphatic heterocycles. The summed E-state index contributed by atoms with van der Waals surface area (Å²) < 4.78 is 5.61. The number of aromatic nitrogens is 2. The van der Waals surface area contributed by atoms with Gasteiger partial charge in [0.1, 0.15) is 5.82 Å². The average molecular weight is 380 g/mol. The lowest BCUT2D eigenvalue weighted by Gasteiger charge is -2.12. The van der Waals surface area contributed by atoms with Gasteiger partial charge < -0.3 is 15.4 Å². The molecule has 3 aromatic rings. The highest BCUT2D eigenvalue weighted by molar-refractivity contribution is 5.69. The van der Waals surface area contributed by atoms with E-state index in [0.29, 0.717) is 30.5 Å². The summed E-state index contributed by atoms with van der Waals surface area (Å²) in [6.45, 7) is 1.03. The zero-order valence-electron chi connectivity index (χ0n) is 15.4. The second-order valence-corrected chi connectivity index (χ2v) is 6.32. The quantitative estimate of drug-likeness (QED) is 0.632. The first-order chi connectivity index (χ1) is 14.3. The van der Waals surface area contributed by atoms with Crippen molar-refractivity contribution in [3.05, 3.63) is 77.0 Å². The molecule has 1 aromatic heterocycles. The molecule has 0 bridgehead atoms. The summed E-state index contributed by atoms with van der Waals surface area (Å²) in [6, 6.07) is 16.9. The fourth-order valence-electron chi connectivity index (χ4n) is 3.09. The van der Waals surface area contributed by atoms with Crippen molar-refractivity contribution < 1.29 is 4.74 Å². The van der Waals surface area contributed by atoms with Gasteiger partial charge in [-0.3, -0.25) is 0 Å². The zero-order chi connectivity index (χ0) is 20.1. The predicted octanol–water partition coefficient (Wildman–Crippen LogP) is 4.40. The molecule has 0 saturated carbocycles. The number of rotatable bonds is 5. The molecule has 7 nitrogen and oxygen atoms in total. The van der Waals surface area contributed by atoms with Crippen LogP contribution in [0.5, 0.6) is 0 Å². The first-order valence-electron chi connectivity index (χ1n) is 8.93. The van der Waals surface area contributed by atoms with Gasteiger partial charge in [-0.2, -0.15) is 15.5 Å². The number of benzene rings is 2. The van der Waals surface area contributed by atoms with E-state index in [1.165, 1.54) is 6.08 Å². The number of hydrogen-bond donors (Lipinski definition) is 2. The Labute approximate surface area is 167 Å². The van der Waals surface area contributed by atoms with Crippen molar-refractivity contribution in [2.75, 3.05) is 10.6 Å². The first kappa shape index (κ1) is 18.2. The van der Waals surface area contributed by atoms with Crippen molar-refractivity contribution in [1.82, 2.24) is 9.97 Å². The van der Waals surface area contributed by atoms with E-state index in [9.17, 15) is 0 Å². The number of nitriles is 2. The summed E-state index contributed by atoms with van der Waals surface area (Å²) in [6.07, 6.45) is 4.93. The maximum absolute atomic E-state index is 8.89. The van der Waals surface area contributed by atoms with Crippen LogP contribution in [0.4, 0.5) is 23.1 Å². The fourth-order valence-corrected chi connectivity index (χ4v) is 3.09. The van der Waals surface area contributed by atoms with Crippen molar-refractivity contribution in [3.8, 4) is 12.1 Å². The van der Waals surface area contributed by atoms with E-state index in [4.69, 9.17) is 15.3 Å². The van der Waals surface area contributed by atoms with E-state index in [0.717, 1.165) is 28.1 Å². The van der Waals surface area contributed by atoms with Crippen LogP contribution in [0.3, 0.4) is 0 Å². The molecule has 4 rings (SSSR count). The number of hydrogen-bond acceptors (Lipinski definition) is 7. The Bertz CT molecular complexity index is 1160. The maximum atomic E-state index is 8.89. The molecule has 0 radical (unpaired) electrons. The minimum absolute atomic E-state index is 0.446. The molecule has 0 saturated heterocycles. The van der Waals surface area contributed by atoms with Gasteiger partial charge >= 0.3 is 0 Å². The van der Waals surface area contributed by atoms with Crippen LogP contribution >= 0.6 is 0 Å². The van der Waals surface area contributed by atoms with E-state index in [1.807, 2.05) is 18.2 Å². The fraction of sp³-hybridized carbons (Fsp3) is 0.0909. The van der Waals surface area contributed by atoms with Crippen LogP contribution in [-0.4, -0.2) is 9.97 Å². The molecule has 29 heavy (non-hydrogen) atoms. The zero-order valence-corrected chi connectivity index (χ0v) is 15.4. The Morgan fingerprint density at radius 2 is 1.79 bits per heavy atom. The molecule has 0 spiro atoms. The van der Waals surface area contributed by atoms with Crippen molar-refractivity contribution >= 4 is 29.2 Å². The van der Waals surface area contributed by atoms with E-state index < -0.39 is 0 Å². The smallest absolute Gasteiger partial charge is 0.229 e. The molecule has 0 aliphatic carbocycles. The van der Waals surface area contributed by atoms with Crippen LogP contribution in [0.15, 0.2) is 54.7 Å². The van der Waals surface area contributed by atoms with Gasteiger partial charge in [0, 0.05) is 29.2 Å². The number of ether oxygens (including phenoxy) is 1. The molecular formula is C22H16N6O. The molecular weight excluding hydrogens is 364 g/mol. The number of nitrogens with zero attached hydrogens (tertiary/aromatic N) is 4. The Hall–Kier alpha value is -4.20. The van der Waals surface area contributed by atoms with E-state index in [1.54, 1.807) is 42.6 Å². The minimum atomic E-state index is 0.446. The number of fused-ring (bicyclic) bond motifs is 1. The van der Waals surface area contributed by atoms with Crippen molar-refractivity contribution in [3.63, 3.8) is 0 Å². The molecule has 0 fully saturated rings. The van der Waals surface area contributed by atoms with E-state index in [2.05, 4.69) is 26.7 Å². The molecule has 7 heteroatoms. The van der Waals surface area contributed by atoms with Gasteiger partial charge in [-0.1, -0.05) is 6.07 Å². The summed E-state index contributed by atoms with van der Waals surface area (Å²) in [4.78, 5) is 8.75. The summed E-state index contributed by atoms with van der Waals surface area (Å²) in [5.74, 6) is 1.09. The normalized spacial score (nSPS) is 12.2. The van der Waals surface area contributed by atoms with Crippen LogP contribution in [0, 0.1) is 22.7 Å². The third kappa shape index (κ3) is 4.06. The first-order valence-corrected chi connectivity index (χ1v) is 8.93. The van der Waals surface area contributed by atoms with Crippen molar-refractivity contribution in [2.24, 2.45) is 0 Å². The lowest BCUT2D eigenvalue weighted by molar-refractivity contribution is 0.134. The molecule has 0 amide bonds. The van der Waals surface area contributed by atoms with Crippen molar-refractivity contribution in [1.29, 1.82) is 10.5 Å². The van der Waals surface area contributed by atoms with Crippen LogP contribution in [0.1, 0.15) is 22.3 Å². The largest absolute Gasteiger partial charge is 0.372 e. The average Bonchev–Trinajstić information content (AvgIpc) is 3.25. The van der Waals surface area contributed by atoms with Gasteiger partial charge in [-0.15, -0.1) is 0 Å². The van der Waals surface area contributed by atoms with Gasteiger partial charge in [0.05, 0.1) is 30.9 Å². The van der Waals surface area contributed by atoms with E-state index in [-0.39, 0.29) is 0 Å². The molecule has 0 atom stereocenters. The Kier molecular flexibility index (Phi) is 5.15. The molecule has 2 N–H and O–H groups in total. The summed E-state index contributed by atoms with van der Waals surface area (Å²) in [7, 11) is 0. The Morgan fingerprint density at radius 3 is 2.59 bits per heavy atom. The van der Waals surface area contributed by atoms with Gasteiger partial charge in [0.2, 0.25) is 5.95 Å². The van der Waals surface area contributed by atoms with Crippen LogP contribution in [0.2, 0.25) is 0 Å². The monoisotopic (exact) mass is 380 g/mol. The SMILES string of the molecule is N#C/C=C/c1ccc(Nc2ccnc(Nc3ccc(C#N)cc3)n2)c2c1COC2. The van der Waals surface area contributed by atoms with Gasteiger partial charge in [-0.05, 0) is 53.6 Å². The van der Waals surface area contributed by atoms with Gasteiger partial charge in [0.25, 0.3) is 0 Å². The third-order valence-electron chi connectivity index (χ3n) is 4.49. The highest BCUT2D eigenvalue weighted by atomic mass is 16.5. The molecule has 2 aromatic carbocycles. The van der Waals surface area contributed by atoms with Crippen LogP contribution < -0.4 is 10.6 Å². The van der Waals surface area contributed by atoms with Crippen molar-refractivity contribution in [2.45, 2.75) is 13.2 Å². The predicted molar refractivity (Wildman–Crippen MR) is 109 cm³/mol. The van der Waals surface area contributed by atoms with Crippen LogP contribution in [0.25, 0.3) is 6.08 Å². The topological polar surface area (TPSA) is 107 Å². The molecule has 1 aliphatic rings. The summed E-state index contributed by atoms with van der Waals surface area (Å²) in [5.41, 5.74) is 5.42. The lowest BCUT2D eigenvalue weighted by atomic mass is 10.0. The van der Waals surface area contributed by atoms with Crippen LogP contribution in [-0.2, 0) is 18.0 Å². The second-order valence-electron chi connectivity index (χ2n) is 6.32. The van der Waals surface area contributed by atoms with Gasteiger partial charge in [-0.25, -0.2) is 4.98 Å². The standard InChI is InChI=1S/C22H16N6O/c23-10-1-2-16-5-8-20(19-14-29-13-18(16)19)27-21-9-11-25-22(28-21)26-17-6-3-15(12-24)4-7-17/h1-9,11H,13-14H2,(H2,25,26,27,28)/b2-1+. The third-order valence-corrected chi connectivity index (χ3v) is 4.49. The summed E-state index contributed by atoms with van der Waals surface area (Å²) >= 11 is 0.